The summed E-state index contributed by atoms with van der Waals surface area (Å²) >= 11 is 0. The quantitative estimate of drug-likeness (QED) is 0.426. The fraction of sp³-hybridized carbons (Fsp3) is 0.806. The molecule has 32 heavy (non-hydrogen) atoms. The van der Waals surface area contributed by atoms with E-state index in [-0.39, 0.29) is 16.9 Å². The van der Waals surface area contributed by atoms with Gasteiger partial charge in [0.25, 0.3) is 0 Å². The second kappa shape index (κ2) is 7.86. The van der Waals surface area contributed by atoms with Crippen molar-refractivity contribution in [3.8, 4) is 0 Å². The van der Waals surface area contributed by atoms with E-state index in [9.17, 15) is 5.11 Å². The summed E-state index contributed by atoms with van der Waals surface area (Å²) in [5.41, 5.74) is 5.63. The molecule has 2 saturated carbocycles. The summed E-state index contributed by atoms with van der Waals surface area (Å²) in [6.45, 7) is 23.8. The van der Waals surface area contributed by atoms with Gasteiger partial charge in [0.1, 0.15) is 0 Å². The topological polar surface area (TPSA) is 20.2 Å². The molecule has 1 nitrogen and oxygen atoms in total. The summed E-state index contributed by atoms with van der Waals surface area (Å²) in [4.78, 5) is 0. The third kappa shape index (κ3) is 3.27. The van der Waals surface area contributed by atoms with Crippen molar-refractivity contribution >= 4 is 0 Å². The lowest BCUT2D eigenvalue weighted by atomic mass is 9.44. The molecule has 0 bridgehead atoms. The Morgan fingerprint density at radius 1 is 1.03 bits per heavy atom. The van der Waals surface area contributed by atoms with Crippen molar-refractivity contribution in [3.63, 3.8) is 0 Å². The van der Waals surface area contributed by atoms with Gasteiger partial charge in [-0.3, -0.25) is 0 Å². The average Bonchev–Trinajstić information content (AvgIpc) is 3.00. The molecule has 7 atom stereocenters. The predicted octanol–water partition coefficient (Wildman–Crippen LogP) is 8.50. The SMILES string of the molecule is C=C(CC[C@@H](C)[C@H]1CC[C@@]2(C)C3=CC[C@H]4C(C)(C)[C@@H](O)CC[C@]4(C)C3=CC[C@]12C)C(C)C. The van der Waals surface area contributed by atoms with Gasteiger partial charge in [0.15, 0.2) is 0 Å². The molecular weight excluding hydrogens is 388 g/mol. The predicted molar refractivity (Wildman–Crippen MR) is 137 cm³/mol. The highest BCUT2D eigenvalue weighted by atomic mass is 16.3. The molecular formula is C31H50O. The lowest BCUT2D eigenvalue weighted by molar-refractivity contribution is -0.0851. The van der Waals surface area contributed by atoms with Gasteiger partial charge >= 0.3 is 0 Å². The van der Waals surface area contributed by atoms with Crippen molar-refractivity contribution in [2.24, 2.45) is 45.3 Å². The lowest BCUT2D eigenvalue weighted by Gasteiger charge is -2.61. The Balaban J connectivity index is 1.63. The minimum atomic E-state index is -0.169. The van der Waals surface area contributed by atoms with Crippen LogP contribution in [-0.4, -0.2) is 11.2 Å². The van der Waals surface area contributed by atoms with Gasteiger partial charge in [-0.1, -0.05) is 79.7 Å². The van der Waals surface area contributed by atoms with Crippen molar-refractivity contribution in [1.29, 1.82) is 0 Å². The number of hydrogen-bond donors (Lipinski definition) is 1. The maximum absolute atomic E-state index is 10.8. The first-order valence-electron chi connectivity index (χ1n) is 13.6. The Bertz CT molecular complexity index is 827. The van der Waals surface area contributed by atoms with E-state index in [1.54, 1.807) is 11.1 Å². The average molecular weight is 439 g/mol. The van der Waals surface area contributed by atoms with Crippen LogP contribution in [0.4, 0.5) is 0 Å². The van der Waals surface area contributed by atoms with Crippen molar-refractivity contribution < 1.29 is 5.11 Å². The van der Waals surface area contributed by atoms with Crippen molar-refractivity contribution in [1.82, 2.24) is 0 Å². The summed E-state index contributed by atoms with van der Waals surface area (Å²) in [6.07, 6.45) is 14.7. The molecule has 4 aliphatic rings. The molecule has 0 spiro atoms. The number of allylic oxidation sites excluding steroid dienone is 5. The van der Waals surface area contributed by atoms with Crippen LogP contribution in [0.5, 0.6) is 0 Å². The van der Waals surface area contributed by atoms with Crippen molar-refractivity contribution in [3.05, 3.63) is 35.5 Å². The molecule has 0 amide bonds. The Morgan fingerprint density at radius 2 is 1.72 bits per heavy atom. The van der Waals surface area contributed by atoms with E-state index < -0.39 is 0 Å². The van der Waals surface area contributed by atoms with E-state index in [1.807, 2.05) is 0 Å². The maximum atomic E-state index is 10.8. The minimum absolute atomic E-state index is 0.0109. The van der Waals surface area contributed by atoms with Gasteiger partial charge in [-0.25, -0.2) is 0 Å². The molecule has 0 heterocycles. The van der Waals surface area contributed by atoms with Crippen LogP contribution in [0.15, 0.2) is 35.5 Å². The Morgan fingerprint density at radius 3 is 2.38 bits per heavy atom. The van der Waals surface area contributed by atoms with Crippen LogP contribution in [-0.2, 0) is 0 Å². The van der Waals surface area contributed by atoms with Gasteiger partial charge < -0.3 is 5.11 Å². The van der Waals surface area contributed by atoms with E-state index >= 15 is 0 Å². The Labute approximate surface area is 198 Å². The smallest absolute Gasteiger partial charge is 0.0594 e. The molecule has 0 unspecified atom stereocenters. The van der Waals surface area contributed by atoms with Crippen LogP contribution >= 0.6 is 0 Å². The molecule has 0 aliphatic heterocycles. The maximum Gasteiger partial charge on any atom is 0.0594 e. The van der Waals surface area contributed by atoms with Crippen LogP contribution in [0, 0.1) is 45.3 Å². The molecule has 4 aliphatic carbocycles. The zero-order chi connectivity index (χ0) is 23.7. The van der Waals surface area contributed by atoms with Gasteiger partial charge in [-0.2, -0.15) is 0 Å². The molecule has 180 valence electrons. The third-order valence-electron chi connectivity index (χ3n) is 11.7. The first kappa shape index (κ1) is 24.3. The fourth-order valence-electron chi connectivity index (χ4n) is 8.85. The molecule has 0 aromatic rings. The monoisotopic (exact) mass is 438 g/mol. The van der Waals surface area contributed by atoms with Crippen molar-refractivity contribution in [2.75, 3.05) is 0 Å². The molecule has 4 rings (SSSR count). The molecule has 1 N–H and O–H groups in total. The van der Waals surface area contributed by atoms with Crippen LogP contribution in [0.3, 0.4) is 0 Å². The normalized spacial score (nSPS) is 43.6. The fourth-order valence-corrected chi connectivity index (χ4v) is 8.85. The largest absolute Gasteiger partial charge is 0.393 e. The van der Waals surface area contributed by atoms with Crippen LogP contribution in [0.25, 0.3) is 0 Å². The summed E-state index contributed by atoms with van der Waals surface area (Å²) < 4.78 is 0. The Kier molecular flexibility index (Phi) is 5.97. The minimum Gasteiger partial charge on any atom is -0.393 e. The van der Waals surface area contributed by atoms with E-state index in [1.165, 1.54) is 37.7 Å². The van der Waals surface area contributed by atoms with Gasteiger partial charge in [0.2, 0.25) is 0 Å². The van der Waals surface area contributed by atoms with Gasteiger partial charge in [-0.05, 0) is 108 Å². The van der Waals surface area contributed by atoms with E-state index in [0.717, 1.165) is 31.1 Å². The number of fused-ring (bicyclic) bond motifs is 5. The van der Waals surface area contributed by atoms with Gasteiger partial charge in [0.05, 0.1) is 6.10 Å². The summed E-state index contributed by atoms with van der Waals surface area (Å²) in [7, 11) is 0. The van der Waals surface area contributed by atoms with E-state index in [2.05, 4.69) is 74.1 Å². The molecule has 2 fully saturated rings. The number of hydrogen-bond acceptors (Lipinski definition) is 1. The van der Waals surface area contributed by atoms with Gasteiger partial charge in [-0.15, -0.1) is 0 Å². The van der Waals surface area contributed by atoms with Crippen LogP contribution in [0.2, 0.25) is 0 Å². The third-order valence-corrected chi connectivity index (χ3v) is 11.7. The highest BCUT2D eigenvalue weighted by Crippen LogP contribution is 2.71. The van der Waals surface area contributed by atoms with Crippen LogP contribution < -0.4 is 0 Å². The standard InChI is InChI=1S/C31H50O/c1-20(2)21(3)10-11-22(4)23-14-18-31(9)25-12-13-26-28(5,6)27(32)16-17-29(26,7)24(25)15-19-30(23,31)8/h12,15,20,22-23,26-27,32H,3,10-11,13-14,16-19H2,1-2,4-9H3/t22-,23-,26+,27+,29-,30-,31+/m1/s1. The summed E-state index contributed by atoms with van der Waals surface area (Å²) in [6, 6.07) is 0. The number of rotatable bonds is 5. The molecule has 0 aromatic carbocycles. The molecule has 0 radical (unpaired) electrons. The van der Waals surface area contributed by atoms with Crippen LogP contribution in [0.1, 0.15) is 107 Å². The molecule has 0 aromatic heterocycles. The van der Waals surface area contributed by atoms with Crippen molar-refractivity contribution in [2.45, 2.75) is 113 Å². The zero-order valence-corrected chi connectivity index (χ0v) is 22.4. The number of aliphatic hydroxyl groups is 1. The Hall–Kier alpha value is -0.820. The second-order valence-electron chi connectivity index (χ2n) is 13.7. The molecule has 1 heteroatoms. The summed E-state index contributed by atoms with van der Waals surface area (Å²) in [5.74, 6) is 2.69. The highest BCUT2D eigenvalue weighted by molar-refractivity contribution is 5.49. The first-order valence-corrected chi connectivity index (χ1v) is 13.6. The molecule has 0 saturated heterocycles. The highest BCUT2D eigenvalue weighted by Gasteiger charge is 2.62. The summed E-state index contributed by atoms with van der Waals surface area (Å²) in [5, 5.41) is 10.8. The lowest BCUT2D eigenvalue weighted by Crippen LogP contribution is -2.54. The second-order valence-corrected chi connectivity index (χ2v) is 13.7. The first-order chi connectivity index (χ1) is 14.8. The number of aliphatic hydroxyl groups excluding tert-OH is 1. The van der Waals surface area contributed by atoms with Gasteiger partial charge in [0, 0.05) is 0 Å². The van der Waals surface area contributed by atoms with E-state index in [0.29, 0.717) is 22.7 Å². The zero-order valence-electron chi connectivity index (χ0n) is 22.4. The van der Waals surface area contributed by atoms with E-state index in [4.69, 9.17) is 0 Å².